The highest BCUT2D eigenvalue weighted by Gasteiger charge is 2.25. The average molecular weight is 284 g/mol. The van der Waals surface area contributed by atoms with Gasteiger partial charge in [-0.1, -0.05) is 49.7 Å². The first-order valence-electron chi connectivity index (χ1n) is 5.85. The van der Waals surface area contributed by atoms with Crippen molar-refractivity contribution in [2.75, 3.05) is 6.54 Å². The van der Waals surface area contributed by atoms with E-state index in [1.54, 1.807) is 0 Å². The van der Waals surface area contributed by atoms with Crippen LogP contribution in [0.2, 0.25) is 0 Å². The molecule has 0 saturated carbocycles. The van der Waals surface area contributed by atoms with E-state index in [1.807, 2.05) is 0 Å². The molecular weight excluding hydrogens is 262 g/mol. The number of benzene rings is 1. The van der Waals surface area contributed by atoms with Gasteiger partial charge >= 0.3 is 0 Å². The van der Waals surface area contributed by atoms with Crippen LogP contribution in [0, 0.1) is 12.3 Å². The molecule has 2 heteroatoms. The Morgan fingerprint density at radius 3 is 2.31 bits per heavy atom. The Bertz CT molecular complexity index is 332. The summed E-state index contributed by atoms with van der Waals surface area (Å²) in [6, 6.07) is 7.03. The molecule has 0 bridgehead atoms. The van der Waals surface area contributed by atoms with Gasteiger partial charge in [0.1, 0.15) is 0 Å². The predicted octanol–water partition coefficient (Wildman–Crippen LogP) is 4.45. The van der Waals surface area contributed by atoms with Crippen molar-refractivity contribution in [2.45, 2.75) is 40.7 Å². The predicted molar refractivity (Wildman–Crippen MR) is 74.8 cm³/mol. The molecular formula is C14H22BrN. The first-order chi connectivity index (χ1) is 7.34. The molecule has 16 heavy (non-hydrogen) atoms. The van der Waals surface area contributed by atoms with Gasteiger partial charge in [-0.15, -0.1) is 0 Å². The van der Waals surface area contributed by atoms with E-state index in [2.05, 4.69) is 74.1 Å². The highest BCUT2D eigenvalue weighted by Crippen LogP contribution is 2.34. The molecule has 0 aromatic heterocycles. The van der Waals surface area contributed by atoms with Gasteiger partial charge in [0, 0.05) is 10.5 Å². The van der Waals surface area contributed by atoms with Crippen molar-refractivity contribution in [2.24, 2.45) is 5.41 Å². The lowest BCUT2D eigenvalue weighted by Crippen LogP contribution is -2.32. The van der Waals surface area contributed by atoms with E-state index in [4.69, 9.17) is 0 Å². The van der Waals surface area contributed by atoms with Crippen LogP contribution >= 0.6 is 15.9 Å². The van der Waals surface area contributed by atoms with Gasteiger partial charge in [-0.3, -0.25) is 0 Å². The number of aryl methyl sites for hydroxylation is 1. The summed E-state index contributed by atoms with van der Waals surface area (Å²) in [7, 11) is 0. The van der Waals surface area contributed by atoms with Crippen molar-refractivity contribution in [3.8, 4) is 0 Å². The third kappa shape index (κ3) is 3.60. The van der Waals surface area contributed by atoms with Crippen LogP contribution in [0.4, 0.5) is 0 Å². The molecule has 0 aliphatic carbocycles. The quantitative estimate of drug-likeness (QED) is 0.864. The summed E-state index contributed by atoms with van der Waals surface area (Å²) < 4.78 is 1.16. The average Bonchev–Trinajstić information content (AvgIpc) is 2.10. The van der Waals surface area contributed by atoms with E-state index in [0.717, 1.165) is 11.0 Å². The molecule has 1 nitrogen and oxygen atoms in total. The van der Waals surface area contributed by atoms with E-state index >= 15 is 0 Å². The summed E-state index contributed by atoms with van der Waals surface area (Å²) in [6.45, 7) is 12.1. The highest BCUT2D eigenvalue weighted by molar-refractivity contribution is 9.10. The van der Waals surface area contributed by atoms with Crippen LogP contribution in [-0.2, 0) is 0 Å². The fourth-order valence-corrected chi connectivity index (χ4v) is 2.68. The summed E-state index contributed by atoms with van der Waals surface area (Å²) in [5.41, 5.74) is 2.89. The monoisotopic (exact) mass is 283 g/mol. The van der Waals surface area contributed by atoms with Crippen LogP contribution in [0.5, 0.6) is 0 Å². The Kier molecular flexibility index (Phi) is 4.57. The summed E-state index contributed by atoms with van der Waals surface area (Å²) in [4.78, 5) is 0. The largest absolute Gasteiger partial charge is 0.310 e. The second kappa shape index (κ2) is 5.33. The molecule has 0 spiro atoms. The van der Waals surface area contributed by atoms with E-state index in [9.17, 15) is 0 Å². The van der Waals surface area contributed by atoms with Gasteiger partial charge in [-0.05, 0) is 42.1 Å². The highest BCUT2D eigenvalue weighted by atomic mass is 79.9. The zero-order valence-electron chi connectivity index (χ0n) is 10.9. The minimum absolute atomic E-state index is 0.225. The molecule has 0 aliphatic rings. The van der Waals surface area contributed by atoms with Crippen molar-refractivity contribution >= 4 is 15.9 Å². The molecule has 1 atom stereocenters. The number of hydrogen-bond acceptors (Lipinski definition) is 1. The summed E-state index contributed by atoms with van der Waals surface area (Å²) >= 11 is 3.57. The molecule has 1 aromatic rings. The minimum atomic E-state index is 0.225. The molecule has 0 radical (unpaired) electrons. The van der Waals surface area contributed by atoms with E-state index in [0.29, 0.717) is 6.04 Å². The Morgan fingerprint density at radius 2 is 1.88 bits per heavy atom. The zero-order chi connectivity index (χ0) is 12.3. The first kappa shape index (κ1) is 13.7. The number of nitrogens with one attached hydrogen (secondary N) is 1. The fraction of sp³-hybridized carbons (Fsp3) is 0.571. The van der Waals surface area contributed by atoms with Crippen LogP contribution < -0.4 is 5.32 Å². The van der Waals surface area contributed by atoms with E-state index in [-0.39, 0.29) is 5.41 Å². The van der Waals surface area contributed by atoms with Crippen molar-refractivity contribution in [3.05, 3.63) is 33.8 Å². The SMILES string of the molecule is CCNC(c1cc(C)cc(Br)c1)C(C)(C)C. The molecule has 0 fully saturated rings. The normalized spacial score (nSPS) is 13.9. The third-order valence-corrected chi connectivity index (χ3v) is 3.13. The molecule has 1 N–H and O–H groups in total. The topological polar surface area (TPSA) is 12.0 Å². The Balaban J connectivity index is 3.10. The Morgan fingerprint density at radius 1 is 1.25 bits per heavy atom. The van der Waals surface area contributed by atoms with Crippen LogP contribution in [0.3, 0.4) is 0 Å². The lowest BCUT2D eigenvalue weighted by atomic mass is 9.82. The van der Waals surface area contributed by atoms with Crippen LogP contribution in [0.15, 0.2) is 22.7 Å². The van der Waals surface area contributed by atoms with Gasteiger partial charge in [0.05, 0.1) is 0 Å². The molecule has 0 heterocycles. The first-order valence-corrected chi connectivity index (χ1v) is 6.64. The van der Waals surface area contributed by atoms with Crippen molar-refractivity contribution in [1.82, 2.24) is 5.32 Å². The second-order valence-corrected chi connectivity index (χ2v) is 6.33. The van der Waals surface area contributed by atoms with E-state index < -0.39 is 0 Å². The molecule has 0 aliphatic heterocycles. The smallest absolute Gasteiger partial charge is 0.0369 e. The summed E-state index contributed by atoms with van der Waals surface area (Å²) in [5.74, 6) is 0. The van der Waals surface area contributed by atoms with Gasteiger partial charge < -0.3 is 5.32 Å². The Hall–Kier alpha value is -0.340. The zero-order valence-corrected chi connectivity index (χ0v) is 12.5. The van der Waals surface area contributed by atoms with Gasteiger partial charge in [0.25, 0.3) is 0 Å². The Labute approximate surface area is 108 Å². The van der Waals surface area contributed by atoms with Gasteiger partial charge in [0.15, 0.2) is 0 Å². The number of rotatable bonds is 3. The molecule has 0 saturated heterocycles. The minimum Gasteiger partial charge on any atom is -0.310 e. The van der Waals surface area contributed by atoms with Gasteiger partial charge in [0.2, 0.25) is 0 Å². The molecule has 0 amide bonds. The maximum absolute atomic E-state index is 3.57. The number of hydrogen-bond donors (Lipinski definition) is 1. The summed E-state index contributed by atoms with van der Waals surface area (Å²) in [5, 5.41) is 3.57. The molecule has 90 valence electrons. The number of halogens is 1. The summed E-state index contributed by atoms with van der Waals surface area (Å²) in [6.07, 6.45) is 0. The van der Waals surface area contributed by atoms with Crippen LogP contribution in [0.25, 0.3) is 0 Å². The maximum atomic E-state index is 3.57. The van der Waals surface area contributed by atoms with Gasteiger partial charge in [-0.25, -0.2) is 0 Å². The van der Waals surface area contributed by atoms with Crippen LogP contribution in [-0.4, -0.2) is 6.54 Å². The molecule has 1 unspecified atom stereocenters. The fourth-order valence-electron chi connectivity index (χ4n) is 2.06. The second-order valence-electron chi connectivity index (χ2n) is 5.42. The van der Waals surface area contributed by atoms with Crippen molar-refractivity contribution < 1.29 is 0 Å². The van der Waals surface area contributed by atoms with Crippen LogP contribution in [0.1, 0.15) is 44.9 Å². The van der Waals surface area contributed by atoms with Gasteiger partial charge in [-0.2, -0.15) is 0 Å². The van der Waals surface area contributed by atoms with E-state index in [1.165, 1.54) is 11.1 Å². The molecule has 1 rings (SSSR count). The standard InChI is InChI=1S/C14H22BrN/c1-6-16-13(14(3,4)5)11-7-10(2)8-12(15)9-11/h7-9,13,16H,6H2,1-5H3. The maximum Gasteiger partial charge on any atom is 0.0369 e. The third-order valence-electron chi connectivity index (χ3n) is 2.67. The van der Waals surface area contributed by atoms with Crippen molar-refractivity contribution in [3.63, 3.8) is 0 Å². The van der Waals surface area contributed by atoms with Crippen molar-refractivity contribution in [1.29, 1.82) is 0 Å². The molecule has 1 aromatic carbocycles. The lowest BCUT2D eigenvalue weighted by molar-refractivity contribution is 0.276. The lowest BCUT2D eigenvalue weighted by Gasteiger charge is -2.32.